The number of guanidine groups is 1. The number of nitrogens with one attached hydrogen (secondary N) is 1. The molecule has 0 saturated carbocycles. The predicted octanol–water partition coefficient (Wildman–Crippen LogP) is 3.36. The Labute approximate surface area is 161 Å². The first-order valence-corrected chi connectivity index (χ1v) is 11.1. The second-order valence-electron chi connectivity index (χ2n) is 7.96. The smallest absolute Gasteiger partial charge is 0.193 e. The van der Waals surface area contributed by atoms with Gasteiger partial charge in [-0.2, -0.15) is 0 Å². The van der Waals surface area contributed by atoms with Gasteiger partial charge in [0.1, 0.15) is 0 Å². The highest BCUT2D eigenvalue weighted by molar-refractivity contribution is 5.79. The lowest BCUT2D eigenvalue weighted by Gasteiger charge is -2.27. The van der Waals surface area contributed by atoms with E-state index in [0.717, 1.165) is 44.7 Å². The van der Waals surface area contributed by atoms with Gasteiger partial charge in [-0.25, -0.2) is 0 Å². The Bertz CT molecular complexity index is 376. The van der Waals surface area contributed by atoms with E-state index < -0.39 is 0 Å². The largest absolute Gasteiger partial charge is 0.381 e. The summed E-state index contributed by atoms with van der Waals surface area (Å²) in [6.45, 7) is 10.9. The highest BCUT2D eigenvalue weighted by Gasteiger charge is 2.15. The van der Waals surface area contributed by atoms with Gasteiger partial charge in [-0.3, -0.25) is 4.99 Å². The number of aliphatic imine (C=N–C) groups is 1. The molecule has 0 aromatic carbocycles. The summed E-state index contributed by atoms with van der Waals surface area (Å²) in [5.74, 6) is 1.90. The van der Waals surface area contributed by atoms with Gasteiger partial charge in [0.15, 0.2) is 5.96 Å². The highest BCUT2D eigenvalue weighted by atomic mass is 16.5. The molecule has 1 N–H and O–H groups in total. The number of nitrogens with zero attached hydrogens (tertiary/aromatic N) is 3. The third-order valence-electron chi connectivity index (χ3n) is 5.75. The number of rotatable bonds is 10. The molecule has 2 aliphatic heterocycles. The Morgan fingerprint density at radius 3 is 2.62 bits per heavy atom. The molecule has 2 fully saturated rings. The number of hydrogen-bond donors (Lipinski definition) is 1. The number of piperidine rings is 1. The van der Waals surface area contributed by atoms with E-state index >= 15 is 0 Å². The fourth-order valence-electron chi connectivity index (χ4n) is 3.98. The van der Waals surface area contributed by atoms with E-state index in [1.165, 1.54) is 77.4 Å². The second kappa shape index (κ2) is 13.4. The Kier molecular flexibility index (Phi) is 11.1. The Morgan fingerprint density at radius 2 is 1.88 bits per heavy atom. The standard InChI is InChI=1S/C21H42N4O/c1-3-22-21(24(2)17-10-20-11-18-26-19-12-20)23-13-6-4-7-14-25-15-8-5-9-16-25/h20H,3-19H2,1-2H3,(H,22,23). The van der Waals surface area contributed by atoms with Crippen molar-refractivity contribution < 1.29 is 4.74 Å². The van der Waals surface area contributed by atoms with Crippen molar-refractivity contribution in [3.8, 4) is 0 Å². The lowest BCUT2D eigenvalue weighted by atomic mass is 9.96. The molecule has 2 heterocycles. The molecule has 0 atom stereocenters. The fourth-order valence-corrected chi connectivity index (χ4v) is 3.98. The lowest BCUT2D eigenvalue weighted by Crippen LogP contribution is -2.40. The third-order valence-corrected chi connectivity index (χ3v) is 5.75. The summed E-state index contributed by atoms with van der Waals surface area (Å²) in [4.78, 5) is 9.81. The minimum Gasteiger partial charge on any atom is -0.381 e. The van der Waals surface area contributed by atoms with Crippen LogP contribution >= 0.6 is 0 Å². The maximum Gasteiger partial charge on any atom is 0.193 e. The molecule has 0 radical (unpaired) electrons. The van der Waals surface area contributed by atoms with Crippen molar-refractivity contribution in [2.24, 2.45) is 10.9 Å². The number of ether oxygens (including phenoxy) is 1. The van der Waals surface area contributed by atoms with Crippen molar-refractivity contribution in [3.63, 3.8) is 0 Å². The van der Waals surface area contributed by atoms with Crippen LogP contribution < -0.4 is 5.32 Å². The molecule has 0 spiro atoms. The van der Waals surface area contributed by atoms with E-state index in [9.17, 15) is 0 Å². The summed E-state index contributed by atoms with van der Waals surface area (Å²) in [5.41, 5.74) is 0. The van der Waals surface area contributed by atoms with E-state index in [1.54, 1.807) is 0 Å². The van der Waals surface area contributed by atoms with Crippen molar-refractivity contribution in [1.82, 2.24) is 15.1 Å². The van der Waals surface area contributed by atoms with Crippen molar-refractivity contribution in [1.29, 1.82) is 0 Å². The van der Waals surface area contributed by atoms with E-state index in [0.29, 0.717) is 0 Å². The zero-order valence-electron chi connectivity index (χ0n) is 17.3. The number of hydrogen-bond acceptors (Lipinski definition) is 3. The zero-order chi connectivity index (χ0) is 18.5. The van der Waals surface area contributed by atoms with Crippen LogP contribution in [0.15, 0.2) is 4.99 Å². The van der Waals surface area contributed by atoms with Crippen LogP contribution in [-0.4, -0.2) is 75.3 Å². The topological polar surface area (TPSA) is 40.1 Å². The third kappa shape index (κ3) is 8.72. The van der Waals surface area contributed by atoms with E-state index in [4.69, 9.17) is 9.73 Å². The summed E-state index contributed by atoms with van der Waals surface area (Å²) >= 11 is 0. The second-order valence-corrected chi connectivity index (χ2v) is 7.96. The summed E-state index contributed by atoms with van der Waals surface area (Å²) in [7, 11) is 2.18. The van der Waals surface area contributed by atoms with Gasteiger partial charge in [0.25, 0.3) is 0 Å². The fraction of sp³-hybridized carbons (Fsp3) is 0.952. The van der Waals surface area contributed by atoms with Crippen LogP contribution in [0.1, 0.15) is 64.7 Å². The first-order chi connectivity index (χ1) is 12.8. The van der Waals surface area contributed by atoms with Crippen LogP contribution in [0.5, 0.6) is 0 Å². The van der Waals surface area contributed by atoms with Gasteiger partial charge in [-0.1, -0.05) is 12.8 Å². The summed E-state index contributed by atoms with van der Waals surface area (Å²) < 4.78 is 5.46. The molecule has 0 aromatic heterocycles. The molecule has 2 rings (SSSR count). The van der Waals surface area contributed by atoms with E-state index in [2.05, 4.69) is 29.1 Å². The van der Waals surface area contributed by atoms with Crippen LogP contribution in [-0.2, 0) is 4.74 Å². The molecular formula is C21H42N4O. The Balaban J connectivity index is 1.59. The maximum absolute atomic E-state index is 5.46. The SMILES string of the molecule is CCNC(=NCCCCCN1CCCCC1)N(C)CCC1CCOCC1. The molecular weight excluding hydrogens is 324 g/mol. The average molecular weight is 367 g/mol. The molecule has 0 aliphatic carbocycles. The van der Waals surface area contributed by atoms with Gasteiger partial charge in [0.2, 0.25) is 0 Å². The monoisotopic (exact) mass is 366 g/mol. The molecule has 5 nitrogen and oxygen atoms in total. The van der Waals surface area contributed by atoms with Crippen LogP contribution in [0.4, 0.5) is 0 Å². The normalized spacial score (nSPS) is 20.3. The van der Waals surface area contributed by atoms with Gasteiger partial charge < -0.3 is 19.9 Å². The van der Waals surface area contributed by atoms with E-state index in [1.807, 2.05) is 0 Å². The average Bonchev–Trinajstić information content (AvgIpc) is 2.69. The lowest BCUT2D eigenvalue weighted by molar-refractivity contribution is 0.0625. The van der Waals surface area contributed by atoms with Crippen LogP contribution in [0.3, 0.4) is 0 Å². The molecule has 2 saturated heterocycles. The van der Waals surface area contributed by atoms with E-state index in [-0.39, 0.29) is 0 Å². The molecule has 0 aromatic rings. The molecule has 26 heavy (non-hydrogen) atoms. The van der Waals surface area contributed by atoms with Crippen molar-refractivity contribution in [2.75, 3.05) is 59.5 Å². The zero-order valence-corrected chi connectivity index (χ0v) is 17.3. The Morgan fingerprint density at radius 1 is 1.12 bits per heavy atom. The predicted molar refractivity (Wildman–Crippen MR) is 111 cm³/mol. The summed E-state index contributed by atoms with van der Waals surface area (Å²) in [6, 6.07) is 0. The molecule has 0 amide bonds. The van der Waals surface area contributed by atoms with Gasteiger partial charge >= 0.3 is 0 Å². The van der Waals surface area contributed by atoms with Crippen molar-refractivity contribution in [3.05, 3.63) is 0 Å². The molecule has 152 valence electrons. The van der Waals surface area contributed by atoms with Gasteiger partial charge in [-0.05, 0) is 77.4 Å². The molecule has 0 bridgehead atoms. The van der Waals surface area contributed by atoms with Gasteiger partial charge in [0.05, 0.1) is 0 Å². The molecule has 2 aliphatic rings. The summed E-state index contributed by atoms with van der Waals surface area (Å²) in [6.07, 6.45) is 11.7. The van der Waals surface area contributed by atoms with Crippen LogP contribution in [0.25, 0.3) is 0 Å². The minimum atomic E-state index is 0.823. The first kappa shape index (κ1) is 21.5. The summed E-state index contributed by atoms with van der Waals surface area (Å²) in [5, 5.41) is 3.46. The van der Waals surface area contributed by atoms with Gasteiger partial charge in [-0.15, -0.1) is 0 Å². The van der Waals surface area contributed by atoms with Crippen molar-refractivity contribution in [2.45, 2.75) is 64.7 Å². The van der Waals surface area contributed by atoms with Crippen LogP contribution in [0, 0.1) is 5.92 Å². The molecule has 0 unspecified atom stereocenters. The van der Waals surface area contributed by atoms with Crippen LogP contribution in [0.2, 0.25) is 0 Å². The molecule has 5 heteroatoms. The number of likely N-dealkylation sites (tertiary alicyclic amines) is 1. The maximum atomic E-state index is 5.46. The minimum absolute atomic E-state index is 0.823. The quantitative estimate of drug-likeness (QED) is 0.366. The number of unbranched alkanes of at least 4 members (excludes halogenated alkanes) is 2. The van der Waals surface area contributed by atoms with Crippen molar-refractivity contribution >= 4 is 5.96 Å². The van der Waals surface area contributed by atoms with Gasteiger partial charge in [0, 0.05) is 39.9 Å². The Hall–Kier alpha value is -0.810. The first-order valence-electron chi connectivity index (χ1n) is 11.1. The highest BCUT2D eigenvalue weighted by Crippen LogP contribution is 2.18.